The summed E-state index contributed by atoms with van der Waals surface area (Å²) in [4.78, 5) is 19.8. The SMILES string of the molecule is COC(=O)[C@@H]1CCCN1C1C2=C(CCc3cc(Cl)ccc31)CC(Br)C=N2. The molecule has 0 aromatic heterocycles. The lowest BCUT2D eigenvalue weighted by Crippen LogP contribution is -2.40. The Bertz CT molecular complexity index is 792. The highest BCUT2D eigenvalue weighted by Crippen LogP contribution is 2.44. The summed E-state index contributed by atoms with van der Waals surface area (Å²) in [7, 11) is 1.47. The van der Waals surface area contributed by atoms with E-state index in [1.165, 1.54) is 23.8 Å². The number of hydrogen-bond acceptors (Lipinski definition) is 4. The van der Waals surface area contributed by atoms with Crippen LogP contribution in [0.1, 0.15) is 42.9 Å². The molecule has 0 bridgehead atoms. The number of hydrogen-bond donors (Lipinski definition) is 0. The second-order valence-electron chi connectivity index (χ2n) is 7.15. The van der Waals surface area contributed by atoms with Crippen LogP contribution in [0.3, 0.4) is 0 Å². The maximum absolute atomic E-state index is 12.4. The number of carbonyl (C=O) groups is 1. The molecule has 1 fully saturated rings. The zero-order chi connectivity index (χ0) is 18.3. The van der Waals surface area contributed by atoms with Crippen LogP contribution in [-0.4, -0.2) is 41.6 Å². The highest BCUT2D eigenvalue weighted by Gasteiger charge is 2.41. The molecule has 3 aliphatic rings. The number of likely N-dealkylation sites (tertiary alicyclic amines) is 1. The molecule has 1 aromatic rings. The van der Waals surface area contributed by atoms with Gasteiger partial charge in [-0.25, -0.2) is 0 Å². The number of methoxy groups -OCH3 is 1. The highest BCUT2D eigenvalue weighted by molar-refractivity contribution is 9.10. The van der Waals surface area contributed by atoms with Gasteiger partial charge in [-0.1, -0.05) is 33.6 Å². The molecular formula is C20H22BrClN2O2. The Labute approximate surface area is 167 Å². The fourth-order valence-corrected chi connectivity index (χ4v) is 5.16. The third-order valence-corrected chi connectivity index (χ3v) is 6.43. The van der Waals surface area contributed by atoms with Crippen LogP contribution in [0, 0.1) is 0 Å². The first-order valence-corrected chi connectivity index (χ1v) is 10.4. The number of esters is 1. The molecule has 6 heteroatoms. The van der Waals surface area contributed by atoms with Crippen molar-refractivity contribution in [1.29, 1.82) is 0 Å². The lowest BCUT2D eigenvalue weighted by atomic mass is 9.94. The van der Waals surface area contributed by atoms with E-state index in [-0.39, 0.29) is 22.9 Å². The molecule has 0 saturated carbocycles. The molecule has 0 radical (unpaired) electrons. The van der Waals surface area contributed by atoms with Crippen molar-refractivity contribution >= 4 is 39.7 Å². The number of carbonyl (C=O) groups excluding carboxylic acids is 1. The van der Waals surface area contributed by atoms with Crippen LogP contribution in [0.2, 0.25) is 5.02 Å². The van der Waals surface area contributed by atoms with E-state index in [1.807, 2.05) is 12.3 Å². The number of aryl methyl sites for hydroxylation is 1. The average Bonchev–Trinajstić information content (AvgIpc) is 3.06. The van der Waals surface area contributed by atoms with Gasteiger partial charge in [0.05, 0.1) is 23.7 Å². The van der Waals surface area contributed by atoms with Gasteiger partial charge in [-0.3, -0.25) is 14.7 Å². The number of rotatable bonds is 2. The number of nitrogens with zero attached hydrogens (tertiary/aromatic N) is 2. The summed E-state index contributed by atoms with van der Waals surface area (Å²) >= 11 is 9.96. The van der Waals surface area contributed by atoms with Crippen LogP contribution in [0.25, 0.3) is 0 Å². The minimum Gasteiger partial charge on any atom is -0.468 e. The Morgan fingerprint density at radius 2 is 2.23 bits per heavy atom. The van der Waals surface area contributed by atoms with E-state index in [9.17, 15) is 4.79 Å². The fraction of sp³-hybridized carbons (Fsp3) is 0.500. The van der Waals surface area contributed by atoms with Crippen LogP contribution in [0.5, 0.6) is 0 Å². The fourth-order valence-electron chi connectivity index (χ4n) is 4.45. The molecular weight excluding hydrogens is 416 g/mol. The molecule has 4 nitrogen and oxygen atoms in total. The molecule has 1 aliphatic carbocycles. The van der Waals surface area contributed by atoms with E-state index < -0.39 is 0 Å². The summed E-state index contributed by atoms with van der Waals surface area (Å²) < 4.78 is 5.08. The monoisotopic (exact) mass is 436 g/mol. The summed E-state index contributed by atoms with van der Waals surface area (Å²) in [6.07, 6.45) is 6.71. The highest BCUT2D eigenvalue weighted by atomic mass is 79.9. The second-order valence-corrected chi connectivity index (χ2v) is 8.76. The maximum atomic E-state index is 12.4. The number of alkyl halides is 1. The van der Waals surface area contributed by atoms with Gasteiger partial charge in [-0.2, -0.15) is 0 Å². The number of benzene rings is 1. The van der Waals surface area contributed by atoms with Gasteiger partial charge >= 0.3 is 5.97 Å². The molecule has 26 heavy (non-hydrogen) atoms. The number of ether oxygens (including phenoxy) is 1. The minimum absolute atomic E-state index is 0.0115. The van der Waals surface area contributed by atoms with Crippen molar-refractivity contribution in [2.45, 2.75) is 49.0 Å². The van der Waals surface area contributed by atoms with Gasteiger partial charge in [0, 0.05) is 17.8 Å². The quantitative estimate of drug-likeness (QED) is 0.507. The molecule has 2 unspecified atom stereocenters. The van der Waals surface area contributed by atoms with Crippen LogP contribution in [0.15, 0.2) is 34.5 Å². The van der Waals surface area contributed by atoms with Crippen molar-refractivity contribution in [2.75, 3.05) is 13.7 Å². The number of allylic oxidation sites excluding steroid dienone is 1. The molecule has 3 atom stereocenters. The van der Waals surface area contributed by atoms with E-state index in [0.717, 1.165) is 49.4 Å². The normalized spacial score (nSPS) is 28.5. The summed E-state index contributed by atoms with van der Waals surface area (Å²) in [5, 5.41) is 0.759. The lowest BCUT2D eigenvalue weighted by molar-refractivity contribution is -0.146. The Balaban J connectivity index is 1.83. The predicted molar refractivity (Wildman–Crippen MR) is 107 cm³/mol. The standard InChI is InChI=1S/C20H22BrClN2O2/c1-26-20(25)17-3-2-8-24(17)19-16-7-6-15(22)10-12(16)4-5-13-9-14(21)11-23-18(13)19/h6-7,10-11,14,17,19H,2-5,8-9H2,1H3/t14?,17-,19?/m0/s1. The Hall–Kier alpha value is -1.17. The number of halogens is 2. The van der Waals surface area contributed by atoms with Crippen molar-refractivity contribution in [2.24, 2.45) is 4.99 Å². The first-order valence-electron chi connectivity index (χ1n) is 9.10. The summed E-state index contributed by atoms with van der Waals surface area (Å²) in [5.41, 5.74) is 4.97. The average molecular weight is 438 g/mol. The van der Waals surface area contributed by atoms with Crippen molar-refractivity contribution in [1.82, 2.24) is 4.90 Å². The Kier molecular flexibility index (Phi) is 5.22. The molecule has 138 valence electrons. The third kappa shape index (κ3) is 3.25. The Morgan fingerprint density at radius 3 is 3.04 bits per heavy atom. The first kappa shape index (κ1) is 18.2. The van der Waals surface area contributed by atoms with Crippen LogP contribution < -0.4 is 0 Å². The maximum Gasteiger partial charge on any atom is 0.323 e. The molecule has 4 rings (SSSR count). The van der Waals surface area contributed by atoms with Gasteiger partial charge in [0.1, 0.15) is 6.04 Å². The molecule has 2 heterocycles. The van der Waals surface area contributed by atoms with Gasteiger partial charge in [-0.15, -0.1) is 0 Å². The molecule has 1 saturated heterocycles. The zero-order valence-corrected chi connectivity index (χ0v) is 17.1. The van der Waals surface area contributed by atoms with Crippen molar-refractivity contribution < 1.29 is 9.53 Å². The first-order chi connectivity index (χ1) is 12.6. The smallest absolute Gasteiger partial charge is 0.323 e. The van der Waals surface area contributed by atoms with E-state index in [0.29, 0.717) is 0 Å². The van der Waals surface area contributed by atoms with E-state index >= 15 is 0 Å². The summed E-state index contributed by atoms with van der Waals surface area (Å²) in [6, 6.07) is 5.91. The van der Waals surface area contributed by atoms with Gasteiger partial charge < -0.3 is 4.74 Å². The molecule has 1 aromatic carbocycles. The second kappa shape index (κ2) is 7.45. The summed E-state index contributed by atoms with van der Waals surface area (Å²) in [6.45, 7) is 0.872. The van der Waals surface area contributed by atoms with Crippen LogP contribution in [0.4, 0.5) is 0 Å². The number of aliphatic imine (C=N–C) groups is 1. The largest absolute Gasteiger partial charge is 0.468 e. The molecule has 0 amide bonds. The molecule has 2 aliphatic heterocycles. The van der Waals surface area contributed by atoms with Crippen LogP contribution >= 0.6 is 27.5 Å². The van der Waals surface area contributed by atoms with E-state index in [4.69, 9.17) is 21.3 Å². The Morgan fingerprint density at radius 1 is 1.38 bits per heavy atom. The third-order valence-electron chi connectivity index (χ3n) is 5.63. The van der Waals surface area contributed by atoms with Gasteiger partial charge in [0.2, 0.25) is 0 Å². The predicted octanol–water partition coefficient (Wildman–Crippen LogP) is 4.46. The van der Waals surface area contributed by atoms with Gasteiger partial charge in [-0.05, 0) is 60.9 Å². The topological polar surface area (TPSA) is 41.9 Å². The minimum atomic E-state index is -0.211. The number of fused-ring (bicyclic) bond motifs is 1. The van der Waals surface area contributed by atoms with Gasteiger partial charge in [0.25, 0.3) is 0 Å². The van der Waals surface area contributed by atoms with E-state index in [1.54, 1.807) is 0 Å². The van der Waals surface area contributed by atoms with Crippen LogP contribution in [-0.2, 0) is 16.0 Å². The lowest BCUT2D eigenvalue weighted by Gasteiger charge is -2.34. The molecule has 0 N–H and O–H groups in total. The van der Waals surface area contributed by atoms with E-state index in [2.05, 4.69) is 33.0 Å². The zero-order valence-electron chi connectivity index (χ0n) is 14.8. The summed E-state index contributed by atoms with van der Waals surface area (Å²) in [5.74, 6) is -0.150. The van der Waals surface area contributed by atoms with Gasteiger partial charge in [0.15, 0.2) is 0 Å². The van der Waals surface area contributed by atoms with Crippen molar-refractivity contribution in [3.05, 3.63) is 45.6 Å². The molecule has 0 spiro atoms. The van der Waals surface area contributed by atoms with Crippen molar-refractivity contribution in [3.8, 4) is 0 Å². The van der Waals surface area contributed by atoms with Crippen molar-refractivity contribution in [3.63, 3.8) is 0 Å².